The Morgan fingerprint density at radius 2 is 2.15 bits per heavy atom. The molecule has 0 aliphatic carbocycles. The van der Waals surface area contributed by atoms with Crippen LogP contribution in [0.3, 0.4) is 0 Å². The molecule has 0 bridgehead atoms. The summed E-state index contributed by atoms with van der Waals surface area (Å²) in [6.45, 7) is 5.62. The highest BCUT2D eigenvalue weighted by Gasteiger charge is 2.27. The standard InChI is InChI=1S/C9H19NO2S/c1-8(2)4-6-13(11,12)9-3-5-10-7-9/h8-10H,3-7H2,1-2H3. The molecule has 0 saturated carbocycles. The quantitative estimate of drug-likeness (QED) is 0.739. The van der Waals surface area contributed by atoms with E-state index in [1.807, 2.05) is 0 Å². The average molecular weight is 205 g/mol. The van der Waals surface area contributed by atoms with Crippen LogP contribution in [-0.4, -0.2) is 32.5 Å². The van der Waals surface area contributed by atoms with E-state index >= 15 is 0 Å². The van der Waals surface area contributed by atoms with Crippen molar-refractivity contribution in [3.05, 3.63) is 0 Å². The van der Waals surface area contributed by atoms with Gasteiger partial charge in [-0.3, -0.25) is 0 Å². The van der Waals surface area contributed by atoms with E-state index in [1.54, 1.807) is 0 Å². The van der Waals surface area contributed by atoms with Crippen molar-refractivity contribution in [1.82, 2.24) is 5.32 Å². The molecule has 0 radical (unpaired) electrons. The van der Waals surface area contributed by atoms with Crippen LogP contribution in [0.4, 0.5) is 0 Å². The van der Waals surface area contributed by atoms with Crippen LogP contribution in [0.5, 0.6) is 0 Å². The van der Waals surface area contributed by atoms with Crippen molar-refractivity contribution in [1.29, 1.82) is 0 Å². The Kier molecular flexibility index (Phi) is 3.74. The SMILES string of the molecule is CC(C)CCS(=O)(=O)C1CCNC1. The highest BCUT2D eigenvalue weighted by molar-refractivity contribution is 7.92. The van der Waals surface area contributed by atoms with E-state index in [0.29, 0.717) is 18.2 Å². The number of rotatable bonds is 4. The molecule has 0 amide bonds. The molecule has 0 spiro atoms. The molecule has 78 valence electrons. The van der Waals surface area contributed by atoms with Crippen molar-refractivity contribution in [2.24, 2.45) is 5.92 Å². The molecule has 1 fully saturated rings. The Hall–Kier alpha value is -0.0900. The topological polar surface area (TPSA) is 46.2 Å². The van der Waals surface area contributed by atoms with Crippen LogP contribution in [-0.2, 0) is 9.84 Å². The van der Waals surface area contributed by atoms with E-state index in [0.717, 1.165) is 19.4 Å². The third-order valence-electron chi connectivity index (χ3n) is 2.50. The van der Waals surface area contributed by atoms with E-state index in [9.17, 15) is 8.42 Å². The van der Waals surface area contributed by atoms with Crippen LogP contribution in [0.15, 0.2) is 0 Å². The number of sulfone groups is 1. The second-order valence-electron chi connectivity index (χ2n) is 4.16. The summed E-state index contributed by atoms with van der Waals surface area (Å²) in [6, 6.07) is 0. The molecule has 0 aromatic carbocycles. The van der Waals surface area contributed by atoms with Crippen LogP contribution in [0.1, 0.15) is 26.7 Å². The van der Waals surface area contributed by atoms with E-state index in [-0.39, 0.29) is 5.25 Å². The zero-order chi connectivity index (χ0) is 9.90. The van der Waals surface area contributed by atoms with Crippen molar-refractivity contribution in [2.75, 3.05) is 18.8 Å². The third-order valence-corrected chi connectivity index (χ3v) is 4.73. The highest BCUT2D eigenvalue weighted by atomic mass is 32.2. The molecule has 3 nitrogen and oxygen atoms in total. The van der Waals surface area contributed by atoms with Crippen molar-refractivity contribution in [2.45, 2.75) is 31.9 Å². The fourth-order valence-corrected chi connectivity index (χ4v) is 3.48. The molecule has 1 N–H and O–H groups in total. The van der Waals surface area contributed by atoms with Gasteiger partial charge in [0.2, 0.25) is 0 Å². The molecule has 0 aromatic heterocycles. The minimum Gasteiger partial charge on any atom is -0.315 e. The average Bonchev–Trinajstić information content (AvgIpc) is 2.53. The van der Waals surface area contributed by atoms with Gasteiger partial charge in [0.05, 0.1) is 11.0 Å². The summed E-state index contributed by atoms with van der Waals surface area (Å²) in [6.07, 6.45) is 1.58. The summed E-state index contributed by atoms with van der Waals surface area (Å²) >= 11 is 0. The van der Waals surface area contributed by atoms with Gasteiger partial charge in [-0.05, 0) is 25.3 Å². The van der Waals surface area contributed by atoms with Gasteiger partial charge in [0.25, 0.3) is 0 Å². The molecule has 13 heavy (non-hydrogen) atoms. The Bertz CT molecular complexity index is 240. The van der Waals surface area contributed by atoms with E-state index in [4.69, 9.17) is 0 Å². The first kappa shape index (κ1) is 11.0. The van der Waals surface area contributed by atoms with Gasteiger partial charge < -0.3 is 5.32 Å². The molecule has 1 unspecified atom stereocenters. The van der Waals surface area contributed by atoms with Gasteiger partial charge in [-0.2, -0.15) is 0 Å². The molecular formula is C9H19NO2S. The summed E-state index contributed by atoms with van der Waals surface area (Å²) in [5, 5.41) is 2.97. The van der Waals surface area contributed by atoms with E-state index in [2.05, 4.69) is 19.2 Å². The van der Waals surface area contributed by atoms with Gasteiger partial charge in [-0.15, -0.1) is 0 Å². The monoisotopic (exact) mass is 205 g/mol. The first-order valence-electron chi connectivity index (χ1n) is 4.94. The van der Waals surface area contributed by atoms with Crippen LogP contribution >= 0.6 is 0 Å². The van der Waals surface area contributed by atoms with E-state index in [1.165, 1.54) is 0 Å². The van der Waals surface area contributed by atoms with Crippen LogP contribution < -0.4 is 5.32 Å². The summed E-state index contributed by atoms with van der Waals surface area (Å²) in [5.41, 5.74) is 0. The number of hydrogen-bond donors (Lipinski definition) is 1. The predicted octanol–water partition coefficient (Wildman–Crippen LogP) is 0.809. The minimum atomic E-state index is -2.82. The van der Waals surface area contributed by atoms with Gasteiger partial charge in [-0.25, -0.2) is 8.42 Å². The maximum atomic E-state index is 11.7. The van der Waals surface area contributed by atoms with Gasteiger partial charge in [0.1, 0.15) is 0 Å². The third kappa shape index (κ3) is 3.27. The number of hydrogen-bond acceptors (Lipinski definition) is 3. The second kappa shape index (κ2) is 4.42. The van der Waals surface area contributed by atoms with Gasteiger partial charge in [0.15, 0.2) is 9.84 Å². The lowest BCUT2D eigenvalue weighted by Crippen LogP contribution is -2.26. The smallest absolute Gasteiger partial charge is 0.154 e. The minimum absolute atomic E-state index is 0.119. The lowest BCUT2D eigenvalue weighted by Gasteiger charge is -2.11. The first-order chi connectivity index (χ1) is 6.02. The summed E-state index contributed by atoms with van der Waals surface area (Å²) in [4.78, 5) is 0. The Labute approximate surface area is 80.8 Å². The molecule has 1 aliphatic heterocycles. The highest BCUT2D eigenvalue weighted by Crippen LogP contribution is 2.13. The fourth-order valence-electron chi connectivity index (χ4n) is 1.50. The Balaban J connectivity index is 2.45. The predicted molar refractivity (Wildman–Crippen MR) is 54.5 cm³/mol. The van der Waals surface area contributed by atoms with Gasteiger partial charge >= 0.3 is 0 Å². The van der Waals surface area contributed by atoms with Crippen LogP contribution in [0.2, 0.25) is 0 Å². The second-order valence-corrected chi connectivity index (χ2v) is 6.56. The molecule has 1 saturated heterocycles. The molecule has 1 rings (SSSR count). The molecular weight excluding hydrogens is 186 g/mol. The largest absolute Gasteiger partial charge is 0.315 e. The Morgan fingerprint density at radius 1 is 1.46 bits per heavy atom. The summed E-state index contributed by atoms with van der Waals surface area (Å²) < 4.78 is 23.4. The fraction of sp³-hybridized carbons (Fsp3) is 1.00. The van der Waals surface area contributed by atoms with Gasteiger partial charge in [-0.1, -0.05) is 13.8 Å². The maximum absolute atomic E-state index is 11.7. The summed E-state index contributed by atoms with van der Waals surface area (Å²) in [5.74, 6) is 0.834. The molecule has 1 aliphatic rings. The van der Waals surface area contributed by atoms with Crippen molar-refractivity contribution in [3.63, 3.8) is 0 Å². The lowest BCUT2D eigenvalue weighted by molar-refractivity contribution is 0.563. The first-order valence-corrected chi connectivity index (χ1v) is 6.66. The molecule has 1 heterocycles. The van der Waals surface area contributed by atoms with Crippen LogP contribution in [0.25, 0.3) is 0 Å². The van der Waals surface area contributed by atoms with E-state index < -0.39 is 9.84 Å². The van der Waals surface area contributed by atoms with Crippen molar-refractivity contribution in [3.8, 4) is 0 Å². The van der Waals surface area contributed by atoms with Crippen LogP contribution in [0, 0.1) is 5.92 Å². The number of nitrogens with one attached hydrogen (secondary N) is 1. The van der Waals surface area contributed by atoms with Gasteiger partial charge in [0, 0.05) is 6.54 Å². The van der Waals surface area contributed by atoms with Crippen molar-refractivity contribution >= 4 is 9.84 Å². The normalized spacial score (nSPS) is 24.1. The summed E-state index contributed by atoms with van der Waals surface area (Å²) in [7, 11) is -2.82. The zero-order valence-electron chi connectivity index (χ0n) is 8.41. The zero-order valence-corrected chi connectivity index (χ0v) is 9.23. The lowest BCUT2D eigenvalue weighted by atomic mass is 10.2. The van der Waals surface area contributed by atoms with Crippen molar-refractivity contribution < 1.29 is 8.42 Å². The molecule has 1 atom stereocenters. The maximum Gasteiger partial charge on any atom is 0.154 e. The molecule has 4 heteroatoms. The Morgan fingerprint density at radius 3 is 2.62 bits per heavy atom. The molecule has 0 aromatic rings.